The van der Waals surface area contributed by atoms with E-state index in [4.69, 9.17) is 4.74 Å². The molecule has 0 amide bonds. The van der Waals surface area contributed by atoms with Crippen LogP contribution in [0.2, 0.25) is 0 Å². The van der Waals surface area contributed by atoms with Crippen molar-refractivity contribution in [2.24, 2.45) is 0 Å². The molecule has 0 saturated carbocycles. The predicted molar refractivity (Wildman–Crippen MR) is 88.7 cm³/mol. The van der Waals surface area contributed by atoms with E-state index in [2.05, 4.69) is 40.3 Å². The van der Waals surface area contributed by atoms with Gasteiger partial charge in [0.15, 0.2) is 0 Å². The predicted octanol–water partition coefficient (Wildman–Crippen LogP) is 4.15. The highest BCUT2D eigenvalue weighted by Gasteiger charge is 2.09. The minimum atomic E-state index is 0.270. The number of aromatic hydroxyl groups is 1. The van der Waals surface area contributed by atoms with Gasteiger partial charge in [-0.25, -0.2) is 0 Å². The van der Waals surface area contributed by atoms with E-state index < -0.39 is 0 Å². The molecule has 112 valence electrons. The Morgan fingerprint density at radius 3 is 2.57 bits per heavy atom. The third-order valence-electron chi connectivity index (χ3n) is 3.20. The second-order valence-electron chi connectivity index (χ2n) is 4.95. The van der Waals surface area contributed by atoms with Crippen molar-refractivity contribution in [1.82, 2.24) is 5.32 Å². The van der Waals surface area contributed by atoms with E-state index in [0.29, 0.717) is 6.61 Å². The third kappa shape index (κ3) is 4.48. The van der Waals surface area contributed by atoms with Gasteiger partial charge in [-0.15, -0.1) is 0 Å². The molecule has 21 heavy (non-hydrogen) atoms. The molecule has 2 rings (SSSR count). The molecule has 0 fully saturated rings. The molecule has 3 nitrogen and oxygen atoms in total. The number of rotatable bonds is 6. The standard InChI is InChI=1S/C17H20BrNO2/c1-3-19-10-14-9-15(18)8-12(2)17(14)21-11-13-4-6-16(20)7-5-13/h4-9,19-20H,3,10-11H2,1-2H3. The molecule has 0 aromatic heterocycles. The number of phenols is 1. The maximum atomic E-state index is 9.30. The first kappa shape index (κ1) is 15.9. The Balaban J connectivity index is 2.15. The van der Waals surface area contributed by atoms with Crippen molar-refractivity contribution in [2.45, 2.75) is 27.0 Å². The maximum absolute atomic E-state index is 9.30. The Morgan fingerprint density at radius 1 is 1.19 bits per heavy atom. The summed E-state index contributed by atoms with van der Waals surface area (Å²) in [6.07, 6.45) is 0. The Morgan fingerprint density at radius 2 is 1.90 bits per heavy atom. The number of halogens is 1. The maximum Gasteiger partial charge on any atom is 0.127 e. The lowest BCUT2D eigenvalue weighted by atomic mass is 10.1. The summed E-state index contributed by atoms with van der Waals surface area (Å²) in [5.41, 5.74) is 3.28. The topological polar surface area (TPSA) is 41.5 Å². The molecule has 2 aromatic carbocycles. The summed E-state index contributed by atoms with van der Waals surface area (Å²) in [6.45, 7) is 6.32. The van der Waals surface area contributed by atoms with Crippen molar-refractivity contribution in [3.63, 3.8) is 0 Å². The summed E-state index contributed by atoms with van der Waals surface area (Å²) >= 11 is 3.53. The molecule has 0 radical (unpaired) electrons. The van der Waals surface area contributed by atoms with E-state index in [0.717, 1.165) is 40.0 Å². The minimum absolute atomic E-state index is 0.270. The van der Waals surface area contributed by atoms with Crippen LogP contribution < -0.4 is 10.1 Å². The van der Waals surface area contributed by atoms with Gasteiger partial charge in [0.2, 0.25) is 0 Å². The smallest absolute Gasteiger partial charge is 0.127 e. The van der Waals surface area contributed by atoms with E-state index in [1.54, 1.807) is 12.1 Å². The molecule has 0 heterocycles. The number of benzene rings is 2. The Labute approximate surface area is 134 Å². The molecule has 0 aliphatic heterocycles. The molecule has 0 unspecified atom stereocenters. The molecule has 0 atom stereocenters. The van der Waals surface area contributed by atoms with Gasteiger partial charge < -0.3 is 15.2 Å². The number of aryl methyl sites for hydroxylation is 1. The Hall–Kier alpha value is -1.52. The summed E-state index contributed by atoms with van der Waals surface area (Å²) in [7, 11) is 0. The first-order valence-electron chi connectivity index (χ1n) is 7.00. The number of hydrogen-bond acceptors (Lipinski definition) is 3. The van der Waals surface area contributed by atoms with Crippen LogP contribution in [0.15, 0.2) is 40.9 Å². The summed E-state index contributed by atoms with van der Waals surface area (Å²) < 4.78 is 7.06. The molecule has 0 aliphatic carbocycles. The molecule has 2 N–H and O–H groups in total. The van der Waals surface area contributed by atoms with Gasteiger partial charge >= 0.3 is 0 Å². The van der Waals surface area contributed by atoms with Crippen LogP contribution in [0.1, 0.15) is 23.6 Å². The fraction of sp³-hybridized carbons (Fsp3) is 0.294. The SMILES string of the molecule is CCNCc1cc(Br)cc(C)c1OCc1ccc(O)cc1. The second-order valence-corrected chi connectivity index (χ2v) is 5.86. The summed E-state index contributed by atoms with van der Waals surface area (Å²) in [6, 6.07) is 11.2. The lowest BCUT2D eigenvalue weighted by Gasteiger charge is -2.15. The van der Waals surface area contributed by atoms with Crippen LogP contribution in [-0.2, 0) is 13.2 Å². The Kier molecular flexibility index (Phi) is 5.65. The molecule has 2 aromatic rings. The minimum Gasteiger partial charge on any atom is -0.508 e. The van der Waals surface area contributed by atoms with Crippen molar-refractivity contribution < 1.29 is 9.84 Å². The average Bonchev–Trinajstić information content (AvgIpc) is 2.45. The first-order valence-corrected chi connectivity index (χ1v) is 7.80. The molecule has 0 bridgehead atoms. The zero-order valence-electron chi connectivity index (χ0n) is 12.3. The monoisotopic (exact) mass is 349 g/mol. The van der Waals surface area contributed by atoms with E-state index in [9.17, 15) is 5.11 Å². The summed E-state index contributed by atoms with van der Waals surface area (Å²) in [5.74, 6) is 1.19. The van der Waals surface area contributed by atoms with Gasteiger partial charge in [0.1, 0.15) is 18.1 Å². The number of phenolic OH excluding ortho intramolecular Hbond substituents is 1. The van der Waals surface area contributed by atoms with Crippen LogP contribution in [0.25, 0.3) is 0 Å². The molecule has 0 spiro atoms. The lowest BCUT2D eigenvalue weighted by molar-refractivity contribution is 0.300. The van der Waals surface area contributed by atoms with Crippen molar-refractivity contribution in [1.29, 1.82) is 0 Å². The molecule has 0 saturated heterocycles. The zero-order chi connectivity index (χ0) is 15.2. The molecular formula is C17H20BrNO2. The van der Waals surface area contributed by atoms with Crippen molar-refractivity contribution in [3.8, 4) is 11.5 Å². The van der Waals surface area contributed by atoms with Crippen molar-refractivity contribution >= 4 is 15.9 Å². The van der Waals surface area contributed by atoms with E-state index >= 15 is 0 Å². The lowest BCUT2D eigenvalue weighted by Crippen LogP contribution is -2.13. The number of ether oxygens (including phenoxy) is 1. The average molecular weight is 350 g/mol. The van der Waals surface area contributed by atoms with Crippen LogP contribution in [0.5, 0.6) is 11.5 Å². The van der Waals surface area contributed by atoms with Crippen molar-refractivity contribution in [2.75, 3.05) is 6.54 Å². The second kappa shape index (κ2) is 7.48. The molecular weight excluding hydrogens is 330 g/mol. The van der Waals surface area contributed by atoms with Gasteiger partial charge in [-0.1, -0.05) is 35.0 Å². The highest BCUT2D eigenvalue weighted by Crippen LogP contribution is 2.29. The van der Waals surface area contributed by atoms with Gasteiger partial charge in [-0.2, -0.15) is 0 Å². The summed E-state index contributed by atoms with van der Waals surface area (Å²) in [4.78, 5) is 0. The normalized spacial score (nSPS) is 10.6. The highest BCUT2D eigenvalue weighted by molar-refractivity contribution is 9.10. The first-order chi connectivity index (χ1) is 10.1. The van der Waals surface area contributed by atoms with Gasteiger partial charge in [0, 0.05) is 16.6 Å². The summed E-state index contributed by atoms with van der Waals surface area (Å²) in [5, 5.41) is 12.6. The van der Waals surface area contributed by atoms with Gasteiger partial charge in [0.25, 0.3) is 0 Å². The van der Waals surface area contributed by atoms with E-state index in [-0.39, 0.29) is 5.75 Å². The third-order valence-corrected chi connectivity index (χ3v) is 3.66. The Bertz CT molecular complexity index is 596. The van der Waals surface area contributed by atoms with Crippen LogP contribution in [0, 0.1) is 6.92 Å². The van der Waals surface area contributed by atoms with Crippen LogP contribution in [0.4, 0.5) is 0 Å². The van der Waals surface area contributed by atoms with E-state index in [1.165, 1.54) is 0 Å². The van der Waals surface area contributed by atoms with Gasteiger partial charge in [0.05, 0.1) is 0 Å². The van der Waals surface area contributed by atoms with Crippen LogP contribution in [-0.4, -0.2) is 11.7 Å². The highest BCUT2D eigenvalue weighted by atomic mass is 79.9. The quantitative estimate of drug-likeness (QED) is 0.822. The van der Waals surface area contributed by atoms with Crippen LogP contribution >= 0.6 is 15.9 Å². The largest absolute Gasteiger partial charge is 0.508 e. The zero-order valence-corrected chi connectivity index (χ0v) is 13.9. The number of nitrogens with one attached hydrogen (secondary N) is 1. The van der Waals surface area contributed by atoms with E-state index in [1.807, 2.05) is 19.1 Å². The van der Waals surface area contributed by atoms with Gasteiger partial charge in [-0.3, -0.25) is 0 Å². The molecule has 0 aliphatic rings. The fourth-order valence-corrected chi connectivity index (χ4v) is 2.76. The fourth-order valence-electron chi connectivity index (χ4n) is 2.14. The van der Waals surface area contributed by atoms with Crippen LogP contribution in [0.3, 0.4) is 0 Å². The van der Waals surface area contributed by atoms with Crippen molar-refractivity contribution in [3.05, 3.63) is 57.6 Å². The number of hydrogen-bond donors (Lipinski definition) is 2. The molecule has 4 heteroatoms. The van der Waals surface area contributed by atoms with Gasteiger partial charge in [-0.05, 0) is 48.9 Å².